The Hall–Kier alpha value is -0.880. The number of nitrogens with one attached hydrogen (secondary N) is 3. The Labute approximate surface area is 108 Å². The lowest BCUT2D eigenvalue weighted by molar-refractivity contribution is -0.121. The average Bonchev–Trinajstić information content (AvgIpc) is 3.01. The summed E-state index contributed by atoms with van der Waals surface area (Å²) in [5, 5.41) is 9.56. The number of carbonyl (C=O) groups is 1. The van der Waals surface area contributed by atoms with Crippen molar-refractivity contribution in [3.63, 3.8) is 0 Å². The second kappa shape index (κ2) is 7.45. The van der Waals surface area contributed by atoms with Gasteiger partial charge in [-0.05, 0) is 32.0 Å². The molecule has 0 bridgehead atoms. The lowest BCUT2D eigenvalue weighted by Crippen LogP contribution is -2.43. The molecule has 0 aromatic heterocycles. The van der Waals surface area contributed by atoms with Crippen molar-refractivity contribution in [3.8, 4) is 0 Å². The molecule has 1 aliphatic rings. The topological polar surface area (TPSA) is 62.4 Å². The molecule has 1 unspecified atom stereocenters. The number of carbonyl (C=O) groups excluding carboxylic acids is 1. The molecule has 0 aliphatic heterocycles. The molecule has 98 valence electrons. The van der Waals surface area contributed by atoms with Crippen molar-refractivity contribution < 1.29 is 9.53 Å². The van der Waals surface area contributed by atoms with E-state index in [1.54, 1.807) is 7.11 Å². The van der Waals surface area contributed by atoms with Crippen LogP contribution in [0.25, 0.3) is 0 Å². The zero-order chi connectivity index (χ0) is 12.7. The smallest absolute Gasteiger partial charge is 0.221 e. The van der Waals surface area contributed by atoms with E-state index in [0.717, 1.165) is 12.8 Å². The molecule has 0 saturated heterocycles. The Morgan fingerprint density at radius 1 is 1.53 bits per heavy atom. The maximum absolute atomic E-state index is 11.4. The molecule has 0 aromatic rings. The summed E-state index contributed by atoms with van der Waals surface area (Å²) in [5.41, 5.74) is 0. The molecule has 0 heterocycles. The highest BCUT2D eigenvalue weighted by Gasteiger charge is 2.22. The Morgan fingerprint density at radius 3 is 2.82 bits per heavy atom. The fourth-order valence-corrected chi connectivity index (χ4v) is 1.69. The quantitative estimate of drug-likeness (QED) is 0.568. The Morgan fingerprint density at radius 2 is 2.24 bits per heavy atom. The molecule has 0 radical (unpaired) electrons. The van der Waals surface area contributed by atoms with Gasteiger partial charge in [0.05, 0.1) is 6.61 Å². The summed E-state index contributed by atoms with van der Waals surface area (Å²) < 4.78 is 4.98. The van der Waals surface area contributed by atoms with Gasteiger partial charge in [-0.25, -0.2) is 0 Å². The van der Waals surface area contributed by atoms with Crippen molar-refractivity contribution in [1.82, 2.24) is 16.0 Å². The third kappa shape index (κ3) is 7.12. The highest BCUT2D eigenvalue weighted by atomic mass is 32.1. The number of thiocarbonyl (C=S) groups is 1. The van der Waals surface area contributed by atoms with Gasteiger partial charge in [-0.2, -0.15) is 0 Å². The van der Waals surface area contributed by atoms with Crippen LogP contribution < -0.4 is 16.0 Å². The van der Waals surface area contributed by atoms with Gasteiger partial charge in [0, 0.05) is 32.2 Å². The van der Waals surface area contributed by atoms with Crippen molar-refractivity contribution in [2.24, 2.45) is 0 Å². The third-order valence-corrected chi connectivity index (χ3v) is 2.64. The zero-order valence-corrected chi connectivity index (χ0v) is 11.2. The summed E-state index contributed by atoms with van der Waals surface area (Å²) in [5.74, 6) is 0.0905. The monoisotopic (exact) mass is 259 g/mol. The lowest BCUT2D eigenvalue weighted by atomic mass is 10.3. The van der Waals surface area contributed by atoms with Gasteiger partial charge in [0.2, 0.25) is 5.91 Å². The first kappa shape index (κ1) is 14.2. The van der Waals surface area contributed by atoms with E-state index in [0.29, 0.717) is 30.7 Å². The predicted octanol–water partition coefficient (Wildman–Crippen LogP) is 0.154. The van der Waals surface area contributed by atoms with Crippen LogP contribution in [0.3, 0.4) is 0 Å². The number of hydrogen-bond acceptors (Lipinski definition) is 3. The van der Waals surface area contributed by atoms with Crippen molar-refractivity contribution in [2.45, 2.75) is 38.3 Å². The summed E-state index contributed by atoms with van der Waals surface area (Å²) in [7, 11) is 1.65. The molecule has 1 saturated carbocycles. The van der Waals surface area contributed by atoms with Gasteiger partial charge in [0.1, 0.15) is 0 Å². The molecule has 1 fully saturated rings. The second-order valence-corrected chi connectivity index (χ2v) is 4.76. The SMILES string of the molecule is COCC(C)NC(=S)NCCC(=O)NC1CC1. The molecular weight excluding hydrogens is 238 g/mol. The van der Waals surface area contributed by atoms with E-state index in [9.17, 15) is 4.79 Å². The minimum atomic E-state index is 0.0905. The summed E-state index contributed by atoms with van der Waals surface area (Å²) in [4.78, 5) is 11.4. The van der Waals surface area contributed by atoms with E-state index in [1.165, 1.54) is 0 Å². The van der Waals surface area contributed by atoms with Crippen LogP contribution >= 0.6 is 12.2 Å². The number of amides is 1. The average molecular weight is 259 g/mol. The van der Waals surface area contributed by atoms with Crippen molar-refractivity contribution in [3.05, 3.63) is 0 Å². The molecule has 1 aliphatic carbocycles. The van der Waals surface area contributed by atoms with Crippen LogP contribution in [-0.4, -0.2) is 43.4 Å². The van der Waals surface area contributed by atoms with E-state index >= 15 is 0 Å². The second-order valence-electron chi connectivity index (χ2n) is 4.35. The number of methoxy groups -OCH3 is 1. The van der Waals surface area contributed by atoms with Gasteiger partial charge in [0.15, 0.2) is 5.11 Å². The van der Waals surface area contributed by atoms with Crippen molar-refractivity contribution in [2.75, 3.05) is 20.3 Å². The number of ether oxygens (including phenoxy) is 1. The van der Waals surface area contributed by atoms with Gasteiger partial charge >= 0.3 is 0 Å². The Kier molecular flexibility index (Phi) is 6.21. The minimum absolute atomic E-state index is 0.0905. The first-order valence-corrected chi connectivity index (χ1v) is 6.35. The Bertz CT molecular complexity index is 269. The van der Waals surface area contributed by atoms with E-state index in [1.807, 2.05) is 6.92 Å². The van der Waals surface area contributed by atoms with E-state index in [4.69, 9.17) is 17.0 Å². The summed E-state index contributed by atoms with van der Waals surface area (Å²) in [6.45, 7) is 3.14. The van der Waals surface area contributed by atoms with Crippen LogP contribution in [0.1, 0.15) is 26.2 Å². The number of rotatable bonds is 7. The molecule has 3 N–H and O–H groups in total. The van der Waals surface area contributed by atoms with E-state index in [2.05, 4.69) is 16.0 Å². The van der Waals surface area contributed by atoms with Crippen LogP contribution in [0, 0.1) is 0 Å². The molecule has 1 rings (SSSR count). The fourth-order valence-electron chi connectivity index (χ4n) is 1.38. The summed E-state index contributed by atoms with van der Waals surface area (Å²) >= 11 is 5.09. The van der Waals surface area contributed by atoms with Gasteiger partial charge in [0.25, 0.3) is 0 Å². The van der Waals surface area contributed by atoms with Gasteiger partial charge in [-0.15, -0.1) is 0 Å². The molecule has 17 heavy (non-hydrogen) atoms. The molecule has 0 aromatic carbocycles. The maximum atomic E-state index is 11.4. The van der Waals surface area contributed by atoms with Gasteiger partial charge < -0.3 is 20.7 Å². The molecule has 0 spiro atoms. The van der Waals surface area contributed by atoms with Crippen LogP contribution in [0.5, 0.6) is 0 Å². The van der Waals surface area contributed by atoms with Crippen molar-refractivity contribution in [1.29, 1.82) is 0 Å². The predicted molar refractivity (Wildman–Crippen MR) is 70.9 cm³/mol. The molecular formula is C11H21N3O2S. The highest BCUT2D eigenvalue weighted by molar-refractivity contribution is 7.80. The van der Waals surface area contributed by atoms with E-state index in [-0.39, 0.29) is 11.9 Å². The van der Waals surface area contributed by atoms with Gasteiger partial charge in [-0.3, -0.25) is 4.79 Å². The molecule has 6 heteroatoms. The van der Waals surface area contributed by atoms with Gasteiger partial charge in [-0.1, -0.05) is 0 Å². The van der Waals surface area contributed by atoms with Crippen LogP contribution in [-0.2, 0) is 9.53 Å². The summed E-state index contributed by atoms with van der Waals surface area (Å²) in [6.07, 6.45) is 2.69. The number of hydrogen-bond donors (Lipinski definition) is 3. The van der Waals surface area contributed by atoms with E-state index < -0.39 is 0 Å². The Balaban J connectivity index is 2.00. The largest absolute Gasteiger partial charge is 0.383 e. The fraction of sp³-hybridized carbons (Fsp3) is 0.818. The van der Waals surface area contributed by atoms with Crippen molar-refractivity contribution >= 4 is 23.2 Å². The lowest BCUT2D eigenvalue weighted by Gasteiger charge is -2.15. The van der Waals surface area contributed by atoms with Crippen LogP contribution in [0.4, 0.5) is 0 Å². The summed E-state index contributed by atoms with van der Waals surface area (Å²) in [6, 6.07) is 0.592. The molecule has 1 atom stereocenters. The van der Waals surface area contributed by atoms with Crippen LogP contribution in [0.15, 0.2) is 0 Å². The zero-order valence-electron chi connectivity index (χ0n) is 10.4. The first-order valence-electron chi connectivity index (χ1n) is 5.94. The maximum Gasteiger partial charge on any atom is 0.221 e. The molecule has 1 amide bonds. The standard InChI is InChI=1S/C11H21N3O2S/c1-8(7-16-2)13-11(17)12-6-5-10(15)14-9-3-4-9/h8-9H,3-7H2,1-2H3,(H,14,15)(H2,12,13,17). The third-order valence-electron chi connectivity index (χ3n) is 2.37. The highest BCUT2D eigenvalue weighted by Crippen LogP contribution is 2.18. The first-order chi connectivity index (χ1) is 8.11. The normalized spacial score (nSPS) is 16.1. The molecule has 5 nitrogen and oxygen atoms in total. The van der Waals surface area contributed by atoms with Crippen LogP contribution in [0.2, 0.25) is 0 Å². The minimum Gasteiger partial charge on any atom is -0.383 e.